The second kappa shape index (κ2) is 10.5. The van der Waals surface area contributed by atoms with E-state index in [2.05, 4.69) is 12.1 Å². The van der Waals surface area contributed by atoms with Crippen LogP contribution in [0, 0.1) is 5.92 Å². The molecule has 1 aromatic rings. The number of hydrogen-bond acceptors (Lipinski definition) is 4. The van der Waals surface area contributed by atoms with Crippen molar-refractivity contribution in [2.75, 3.05) is 26.2 Å². The van der Waals surface area contributed by atoms with Crippen molar-refractivity contribution in [3.05, 3.63) is 35.4 Å². The Hall–Kier alpha value is -2.08. The van der Waals surface area contributed by atoms with E-state index in [1.807, 2.05) is 37.8 Å². The Morgan fingerprint density at radius 3 is 2.23 bits per heavy atom. The lowest BCUT2D eigenvalue weighted by molar-refractivity contribution is 0.0180. The van der Waals surface area contributed by atoms with Gasteiger partial charge in [-0.2, -0.15) is 0 Å². The van der Waals surface area contributed by atoms with Crippen LogP contribution in [0.1, 0.15) is 75.2 Å². The molecular weight excluding hydrogens is 392 g/mol. The summed E-state index contributed by atoms with van der Waals surface area (Å²) >= 11 is 0. The summed E-state index contributed by atoms with van der Waals surface area (Å²) in [6.07, 6.45) is 6.76. The molecular formula is C25H38N2O4. The third-order valence-electron chi connectivity index (χ3n) is 6.25. The molecule has 1 atom stereocenters. The summed E-state index contributed by atoms with van der Waals surface area (Å²) in [4.78, 5) is 28.2. The number of amides is 2. The molecule has 0 spiro atoms. The van der Waals surface area contributed by atoms with E-state index in [1.165, 1.54) is 18.4 Å². The molecule has 2 amide bonds. The second-order valence-electron chi connectivity index (χ2n) is 10.0. The van der Waals surface area contributed by atoms with Gasteiger partial charge in [0.25, 0.3) is 5.91 Å². The molecule has 1 aromatic carbocycles. The van der Waals surface area contributed by atoms with Gasteiger partial charge in [-0.3, -0.25) is 4.79 Å². The summed E-state index contributed by atoms with van der Waals surface area (Å²) in [5, 5.41) is 9.62. The van der Waals surface area contributed by atoms with E-state index in [9.17, 15) is 14.7 Å². The van der Waals surface area contributed by atoms with Crippen molar-refractivity contribution in [2.45, 2.75) is 77.4 Å². The van der Waals surface area contributed by atoms with Crippen LogP contribution in [0.5, 0.6) is 0 Å². The normalized spacial score (nSPS) is 20.2. The van der Waals surface area contributed by atoms with Crippen molar-refractivity contribution in [2.24, 2.45) is 5.92 Å². The average Bonchev–Trinajstić information content (AvgIpc) is 3.16. The minimum Gasteiger partial charge on any atom is -0.444 e. The molecule has 0 bridgehead atoms. The minimum atomic E-state index is -0.434. The molecule has 6 nitrogen and oxygen atoms in total. The topological polar surface area (TPSA) is 70.1 Å². The number of piperidine rings is 1. The number of likely N-dealkylation sites (tertiary alicyclic amines) is 2. The Bertz CT molecular complexity index is 733. The van der Waals surface area contributed by atoms with Gasteiger partial charge in [0.2, 0.25) is 0 Å². The molecule has 3 rings (SSSR count). The first-order chi connectivity index (χ1) is 14.7. The standard InChI is InChI=1S/C25H38N2O4/c1-25(2,3)31-24(30)26-15-12-20(13-16-26)7-5-4-6-19-8-10-21(11-9-19)23(29)27-17-14-22(28)18-27/h8-11,20,22,28H,4-7,12-18H2,1-3H3/t22-/m1/s1. The molecule has 2 aliphatic rings. The zero-order chi connectivity index (χ0) is 22.4. The van der Waals surface area contributed by atoms with Crippen LogP contribution in [0.3, 0.4) is 0 Å². The van der Waals surface area contributed by atoms with E-state index in [0.29, 0.717) is 31.0 Å². The van der Waals surface area contributed by atoms with Crippen molar-refractivity contribution in [3.8, 4) is 0 Å². The Labute approximate surface area is 186 Å². The number of rotatable bonds is 6. The zero-order valence-corrected chi connectivity index (χ0v) is 19.3. The second-order valence-corrected chi connectivity index (χ2v) is 10.0. The Morgan fingerprint density at radius 2 is 1.65 bits per heavy atom. The van der Waals surface area contributed by atoms with Gasteiger partial charge in [-0.1, -0.05) is 25.0 Å². The van der Waals surface area contributed by atoms with Gasteiger partial charge in [0, 0.05) is 31.7 Å². The number of aliphatic hydroxyl groups excluding tert-OH is 1. The summed E-state index contributed by atoms with van der Waals surface area (Å²) in [5.74, 6) is 0.704. The summed E-state index contributed by atoms with van der Waals surface area (Å²) < 4.78 is 5.47. The summed E-state index contributed by atoms with van der Waals surface area (Å²) in [6.45, 7) is 8.38. The molecule has 6 heteroatoms. The predicted molar refractivity (Wildman–Crippen MR) is 121 cm³/mol. The van der Waals surface area contributed by atoms with E-state index in [0.717, 1.165) is 38.8 Å². The number of hydrogen-bond donors (Lipinski definition) is 1. The summed E-state index contributed by atoms with van der Waals surface area (Å²) in [6, 6.07) is 7.93. The number of carbonyl (C=O) groups excluding carboxylic acids is 2. The van der Waals surface area contributed by atoms with Crippen LogP contribution in [0.4, 0.5) is 4.79 Å². The van der Waals surface area contributed by atoms with Gasteiger partial charge in [-0.15, -0.1) is 0 Å². The first kappa shape index (κ1) is 23.6. The van der Waals surface area contributed by atoms with Crippen LogP contribution < -0.4 is 0 Å². The first-order valence-corrected chi connectivity index (χ1v) is 11.8. The van der Waals surface area contributed by atoms with E-state index in [-0.39, 0.29) is 18.1 Å². The molecule has 0 aliphatic carbocycles. The van der Waals surface area contributed by atoms with Crippen molar-refractivity contribution in [1.29, 1.82) is 0 Å². The number of benzene rings is 1. The predicted octanol–water partition coefficient (Wildman–Crippen LogP) is 4.25. The molecule has 31 heavy (non-hydrogen) atoms. The molecule has 0 saturated carbocycles. The molecule has 0 aromatic heterocycles. The molecule has 2 heterocycles. The van der Waals surface area contributed by atoms with Crippen molar-refractivity contribution in [3.63, 3.8) is 0 Å². The Balaban J connectivity index is 1.32. The third kappa shape index (κ3) is 7.23. The van der Waals surface area contributed by atoms with Crippen LogP contribution in [0.25, 0.3) is 0 Å². The lowest BCUT2D eigenvalue weighted by atomic mass is 9.91. The lowest BCUT2D eigenvalue weighted by Gasteiger charge is -2.33. The van der Waals surface area contributed by atoms with Gasteiger partial charge >= 0.3 is 6.09 Å². The number of unbranched alkanes of at least 4 members (excludes halogenated alkanes) is 1. The number of carbonyl (C=O) groups is 2. The molecule has 0 unspecified atom stereocenters. The fraction of sp³-hybridized carbons (Fsp3) is 0.680. The van der Waals surface area contributed by atoms with Gasteiger partial charge in [-0.05, 0) is 76.5 Å². The molecule has 2 fully saturated rings. The van der Waals surface area contributed by atoms with Gasteiger partial charge < -0.3 is 19.6 Å². The molecule has 2 saturated heterocycles. The largest absolute Gasteiger partial charge is 0.444 e. The molecule has 172 valence electrons. The number of ether oxygens (including phenoxy) is 1. The minimum absolute atomic E-state index is 0.0147. The fourth-order valence-corrected chi connectivity index (χ4v) is 4.42. The number of aliphatic hydroxyl groups is 1. The highest BCUT2D eigenvalue weighted by molar-refractivity contribution is 5.94. The van der Waals surface area contributed by atoms with Gasteiger partial charge in [-0.25, -0.2) is 4.79 Å². The molecule has 0 radical (unpaired) electrons. The van der Waals surface area contributed by atoms with E-state index in [1.54, 1.807) is 4.90 Å². The maximum absolute atomic E-state index is 12.5. The average molecular weight is 431 g/mol. The number of nitrogens with zero attached hydrogens (tertiary/aromatic N) is 2. The maximum Gasteiger partial charge on any atom is 0.410 e. The summed E-state index contributed by atoms with van der Waals surface area (Å²) in [5.41, 5.74) is 1.53. The lowest BCUT2D eigenvalue weighted by Crippen LogP contribution is -2.41. The highest BCUT2D eigenvalue weighted by Gasteiger charge is 2.27. The maximum atomic E-state index is 12.5. The van der Waals surface area contributed by atoms with Crippen LogP contribution in [-0.4, -0.2) is 64.8 Å². The van der Waals surface area contributed by atoms with Crippen LogP contribution in [0.2, 0.25) is 0 Å². The van der Waals surface area contributed by atoms with Gasteiger partial charge in [0.1, 0.15) is 5.60 Å². The summed E-state index contributed by atoms with van der Waals surface area (Å²) in [7, 11) is 0. The number of aryl methyl sites for hydroxylation is 1. The van der Waals surface area contributed by atoms with Crippen molar-refractivity contribution >= 4 is 12.0 Å². The smallest absolute Gasteiger partial charge is 0.410 e. The molecule has 1 N–H and O–H groups in total. The zero-order valence-electron chi connectivity index (χ0n) is 19.3. The quantitative estimate of drug-likeness (QED) is 0.685. The highest BCUT2D eigenvalue weighted by Crippen LogP contribution is 2.24. The van der Waals surface area contributed by atoms with Crippen LogP contribution >= 0.6 is 0 Å². The van der Waals surface area contributed by atoms with Crippen LogP contribution in [-0.2, 0) is 11.2 Å². The van der Waals surface area contributed by atoms with E-state index in [4.69, 9.17) is 4.74 Å². The number of β-amino-alcohol motifs (C(OH)–C–C–N with tert-alkyl or cyclic N) is 1. The third-order valence-corrected chi connectivity index (χ3v) is 6.25. The SMILES string of the molecule is CC(C)(C)OC(=O)N1CCC(CCCCc2ccc(C(=O)N3CC[C@@H](O)C3)cc2)CC1. The monoisotopic (exact) mass is 430 g/mol. The van der Waals surface area contributed by atoms with Crippen molar-refractivity contribution < 1.29 is 19.4 Å². The fourth-order valence-electron chi connectivity index (χ4n) is 4.42. The Kier molecular flexibility index (Phi) is 7.98. The van der Waals surface area contributed by atoms with E-state index < -0.39 is 5.60 Å². The van der Waals surface area contributed by atoms with Gasteiger partial charge in [0.05, 0.1) is 6.10 Å². The molecule has 2 aliphatic heterocycles. The first-order valence-electron chi connectivity index (χ1n) is 11.8. The van der Waals surface area contributed by atoms with Crippen molar-refractivity contribution in [1.82, 2.24) is 9.80 Å². The van der Waals surface area contributed by atoms with Crippen LogP contribution in [0.15, 0.2) is 24.3 Å². The van der Waals surface area contributed by atoms with Gasteiger partial charge in [0.15, 0.2) is 0 Å². The Morgan fingerprint density at radius 1 is 1.00 bits per heavy atom. The van der Waals surface area contributed by atoms with E-state index >= 15 is 0 Å². The highest BCUT2D eigenvalue weighted by atomic mass is 16.6.